The third-order valence-corrected chi connectivity index (χ3v) is 5.83. The topological polar surface area (TPSA) is 36.9 Å². The van der Waals surface area contributed by atoms with Gasteiger partial charge in [0.05, 0.1) is 5.56 Å². The zero-order chi connectivity index (χ0) is 15.8. The zero-order valence-electron chi connectivity index (χ0n) is 13.0. The van der Waals surface area contributed by atoms with Crippen LogP contribution in [0.1, 0.15) is 24.1 Å². The monoisotopic (exact) mass is 323 g/mol. The molecule has 2 aromatic carbocycles. The van der Waals surface area contributed by atoms with Crippen LogP contribution in [0, 0.1) is 0 Å². The van der Waals surface area contributed by atoms with Gasteiger partial charge in [-0.1, -0.05) is 53.8 Å². The second-order valence-electron chi connectivity index (χ2n) is 5.99. The van der Waals surface area contributed by atoms with E-state index in [2.05, 4.69) is 41.4 Å². The van der Waals surface area contributed by atoms with E-state index in [-0.39, 0.29) is 5.43 Å². The lowest BCUT2D eigenvalue weighted by molar-refractivity contribution is -0.597. The van der Waals surface area contributed by atoms with Gasteiger partial charge in [0.1, 0.15) is 6.67 Å². The fourth-order valence-corrected chi connectivity index (χ4v) is 4.31. The van der Waals surface area contributed by atoms with Crippen molar-refractivity contribution in [2.75, 3.05) is 6.67 Å². The molecule has 0 aliphatic carbocycles. The quantitative estimate of drug-likeness (QED) is 0.787. The normalized spacial score (nSPS) is 16.2. The summed E-state index contributed by atoms with van der Waals surface area (Å²) in [5, 5.41) is 4.20. The third-order valence-electron chi connectivity index (χ3n) is 4.63. The summed E-state index contributed by atoms with van der Waals surface area (Å²) in [5.74, 6) is 0. The lowest BCUT2D eigenvalue weighted by atomic mass is 10.1. The third kappa shape index (κ3) is 2.59. The summed E-state index contributed by atoms with van der Waals surface area (Å²) in [4.78, 5) is 15.2. The van der Waals surface area contributed by atoms with Gasteiger partial charge in [0.25, 0.3) is 0 Å². The molecule has 0 bridgehead atoms. The minimum atomic E-state index is 0.190. The molecule has 1 aromatic heterocycles. The Morgan fingerprint density at radius 2 is 1.83 bits per heavy atom. The largest absolute Gasteiger partial charge is 0.292 e. The van der Waals surface area contributed by atoms with Crippen LogP contribution < -0.4 is 10.7 Å². The fraction of sp³-hybridized carbons (Fsp3) is 0.211. The SMILES string of the molecule is CC(c1ccccc1)N1C[NH2+]c2sc3ccccc3c(=O)c2C1. The lowest BCUT2D eigenvalue weighted by Gasteiger charge is -2.31. The summed E-state index contributed by atoms with van der Waals surface area (Å²) in [6, 6.07) is 18.7. The summed E-state index contributed by atoms with van der Waals surface area (Å²) >= 11 is 1.73. The molecule has 0 amide bonds. The molecule has 0 fully saturated rings. The lowest BCUT2D eigenvalue weighted by Crippen LogP contribution is -2.83. The Balaban J connectivity index is 1.72. The van der Waals surface area contributed by atoms with Crippen LogP contribution in [-0.4, -0.2) is 11.6 Å². The summed E-state index contributed by atoms with van der Waals surface area (Å²) in [7, 11) is 0. The fourth-order valence-electron chi connectivity index (χ4n) is 3.22. The maximum absolute atomic E-state index is 12.8. The summed E-state index contributed by atoms with van der Waals surface area (Å²) in [6.07, 6.45) is 0. The van der Waals surface area contributed by atoms with Crippen LogP contribution >= 0.6 is 11.3 Å². The van der Waals surface area contributed by atoms with Gasteiger partial charge in [-0.2, -0.15) is 0 Å². The molecule has 3 aromatic rings. The molecule has 2 heterocycles. The Hall–Kier alpha value is -2.01. The molecule has 4 heteroatoms. The van der Waals surface area contributed by atoms with Crippen molar-refractivity contribution in [1.29, 1.82) is 0 Å². The highest BCUT2D eigenvalue weighted by Crippen LogP contribution is 2.28. The van der Waals surface area contributed by atoms with Crippen LogP contribution in [0.4, 0.5) is 5.00 Å². The van der Waals surface area contributed by atoms with Crippen molar-refractivity contribution in [3.05, 3.63) is 75.9 Å². The van der Waals surface area contributed by atoms with E-state index in [1.165, 1.54) is 5.56 Å². The molecule has 116 valence electrons. The van der Waals surface area contributed by atoms with Crippen molar-refractivity contribution >= 4 is 26.4 Å². The van der Waals surface area contributed by atoms with Gasteiger partial charge in [-0.15, -0.1) is 0 Å². The number of benzene rings is 2. The van der Waals surface area contributed by atoms with Gasteiger partial charge in [-0.05, 0) is 24.6 Å². The molecule has 1 aliphatic heterocycles. The van der Waals surface area contributed by atoms with Gasteiger partial charge in [0.2, 0.25) is 0 Å². The van der Waals surface area contributed by atoms with Crippen LogP contribution in [0.15, 0.2) is 59.4 Å². The van der Waals surface area contributed by atoms with Gasteiger partial charge in [0, 0.05) is 22.7 Å². The van der Waals surface area contributed by atoms with E-state index in [0.29, 0.717) is 6.04 Å². The van der Waals surface area contributed by atoms with E-state index < -0.39 is 0 Å². The minimum Gasteiger partial charge on any atom is -0.292 e. The Kier molecular flexibility index (Phi) is 3.73. The predicted octanol–water partition coefficient (Wildman–Crippen LogP) is 2.99. The van der Waals surface area contributed by atoms with E-state index in [9.17, 15) is 4.79 Å². The van der Waals surface area contributed by atoms with Crippen LogP contribution in [0.25, 0.3) is 10.1 Å². The van der Waals surface area contributed by atoms with E-state index in [4.69, 9.17) is 0 Å². The van der Waals surface area contributed by atoms with Gasteiger partial charge < -0.3 is 0 Å². The smallest absolute Gasteiger partial charge is 0.198 e. The van der Waals surface area contributed by atoms with Crippen molar-refractivity contribution in [1.82, 2.24) is 4.90 Å². The number of hydrogen-bond donors (Lipinski definition) is 1. The minimum absolute atomic E-state index is 0.190. The van der Waals surface area contributed by atoms with Crippen LogP contribution in [-0.2, 0) is 6.54 Å². The Morgan fingerprint density at radius 3 is 2.65 bits per heavy atom. The highest BCUT2D eigenvalue weighted by Gasteiger charge is 2.27. The number of nitrogens with zero attached hydrogens (tertiary/aromatic N) is 1. The standard InChI is InChI=1S/C19H18N2OS/c1-13(14-7-3-2-4-8-14)21-11-16-18(22)15-9-5-6-10-17(15)23-19(16)20-12-21/h2-10,13,20H,11-12H2,1H3/p+1. The zero-order valence-corrected chi connectivity index (χ0v) is 13.8. The van der Waals surface area contributed by atoms with Crippen LogP contribution in [0.2, 0.25) is 0 Å². The average molecular weight is 323 g/mol. The number of rotatable bonds is 2. The molecular weight excluding hydrogens is 304 g/mol. The molecule has 0 spiro atoms. The molecule has 0 saturated carbocycles. The van der Waals surface area contributed by atoms with E-state index in [1.54, 1.807) is 11.3 Å². The van der Waals surface area contributed by atoms with Crippen molar-refractivity contribution in [3.63, 3.8) is 0 Å². The van der Waals surface area contributed by atoms with Crippen molar-refractivity contribution in [2.45, 2.75) is 19.5 Å². The first-order valence-corrected chi connectivity index (χ1v) is 8.72. The Labute approximate surface area is 139 Å². The second-order valence-corrected chi connectivity index (χ2v) is 7.07. The van der Waals surface area contributed by atoms with Gasteiger partial charge in [-0.3, -0.25) is 10.1 Å². The van der Waals surface area contributed by atoms with Gasteiger partial charge >= 0.3 is 0 Å². The molecule has 2 N–H and O–H groups in total. The number of fused-ring (bicyclic) bond motifs is 2. The molecule has 23 heavy (non-hydrogen) atoms. The van der Waals surface area contributed by atoms with Crippen molar-refractivity contribution in [3.8, 4) is 0 Å². The first kappa shape index (κ1) is 14.6. The molecule has 0 saturated heterocycles. The summed E-state index contributed by atoms with van der Waals surface area (Å²) < 4.78 is 1.08. The Morgan fingerprint density at radius 1 is 1.09 bits per heavy atom. The maximum atomic E-state index is 12.8. The van der Waals surface area contributed by atoms with Crippen LogP contribution in [0.5, 0.6) is 0 Å². The van der Waals surface area contributed by atoms with E-state index in [0.717, 1.165) is 33.9 Å². The summed E-state index contributed by atoms with van der Waals surface area (Å²) in [5.41, 5.74) is 2.43. The Bertz CT molecular complexity index is 904. The molecular formula is C19H19N2OS+. The van der Waals surface area contributed by atoms with Crippen molar-refractivity contribution in [2.24, 2.45) is 0 Å². The maximum Gasteiger partial charge on any atom is 0.198 e. The molecule has 4 rings (SSSR count). The van der Waals surface area contributed by atoms with Gasteiger partial charge in [0.15, 0.2) is 10.4 Å². The number of nitrogens with two attached hydrogens (primary N) is 1. The van der Waals surface area contributed by atoms with Gasteiger partial charge in [-0.25, -0.2) is 4.90 Å². The van der Waals surface area contributed by atoms with Crippen molar-refractivity contribution < 1.29 is 5.32 Å². The molecule has 1 aliphatic rings. The predicted molar refractivity (Wildman–Crippen MR) is 94.9 cm³/mol. The van der Waals surface area contributed by atoms with E-state index >= 15 is 0 Å². The van der Waals surface area contributed by atoms with E-state index in [1.807, 2.05) is 30.3 Å². The number of hydrogen-bond acceptors (Lipinski definition) is 3. The van der Waals surface area contributed by atoms with Crippen LogP contribution in [0.3, 0.4) is 0 Å². The highest BCUT2D eigenvalue weighted by molar-refractivity contribution is 7.21. The first-order chi connectivity index (χ1) is 11.2. The molecule has 0 radical (unpaired) electrons. The number of quaternary nitrogens is 1. The molecule has 3 nitrogen and oxygen atoms in total. The summed E-state index contributed by atoms with van der Waals surface area (Å²) in [6.45, 7) is 3.82. The first-order valence-electron chi connectivity index (χ1n) is 7.91. The molecule has 1 unspecified atom stereocenters. The highest BCUT2D eigenvalue weighted by atomic mass is 32.1. The average Bonchev–Trinajstić information content (AvgIpc) is 2.62. The second kappa shape index (κ2) is 5.89. The molecule has 1 atom stereocenters.